The van der Waals surface area contributed by atoms with E-state index in [0.717, 1.165) is 51.2 Å². The Bertz CT molecular complexity index is 3250. The van der Waals surface area contributed by atoms with E-state index < -0.39 is 0 Å². The van der Waals surface area contributed by atoms with Gasteiger partial charge in [-0.05, 0) is 177 Å². The summed E-state index contributed by atoms with van der Waals surface area (Å²) < 4.78 is 0. The highest BCUT2D eigenvalue weighted by Gasteiger charge is 2.23. The Morgan fingerprint density at radius 2 is 0.267 bits per heavy atom. The van der Waals surface area contributed by atoms with E-state index in [-0.39, 0.29) is 0 Å². The lowest BCUT2D eigenvalue weighted by atomic mass is 10.0. The molecule has 75 heavy (non-hydrogen) atoms. The first-order valence-corrected chi connectivity index (χ1v) is 26.0. The monoisotopic (exact) mass is 967 g/mol. The van der Waals surface area contributed by atoms with Crippen molar-refractivity contribution in [3.63, 3.8) is 0 Å². The fourth-order valence-electron chi connectivity index (χ4n) is 9.89. The molecule has 0 unspecified atom stereocenters. The summed E-state index contributed by atoms with van der Waals surface area (Å²) in [6.07, 6.45) is 0. The third-order valence-corrected chi connectivity index (χ3v) is 14.3. The van der Waals surface area contributed by atoms with Crippen molar-refractivity contribution in [2.75, 3.05) is 14.7 Å². The van der Waals surface area contributed by atoms with Gasteiger partial charge in [-0.2, -0.15) is 0 Å². The maximum atomic E-state index is 2.41. The molecule has 0 atom stereocenters. The van der Waals surface area contributed by atoms with E-state index in [1.807, 2.05) is 0 Å². The van der Waals surface area contributed by atoms with Gasteiger partial charge >= 0.3 is 0 Å². The molecule has 11 aromatic carbocycles. The molecular weight excluding hydrogens is 907 g/mol. The van der Waals surface area contributed by atoms with Gasteiger partial charge in [0.05, 0.1) is 17.1 Å². The highest BCUT2D eigenvalue weighted by molar-refractivity contribution is 5.90. The summed E-state index contributed by atoms with van der Waals surface area (Å²) in [5.74, 6) is 0. The zero-order chi connectivity index (χ0) is 51.4. The molecule has 0 fully saturated rings. The number of hydrogen-bond acceptors (Lipinski definition) is 3. The summed E-state index contributed by atoms with van der Waals surface area (Å²) in [5.41, 5.74) is 26.2. The van der Waals surface area contributed by atoms with Gasteiger partial charge in [0, 0.05) is 34.1 Å². The summed E-state index contributed by atoms with van der Waals surface area (Å²) in [4.78, 5) is 7.21. The maximum absolute atomic E-state index is 2.41. The van der Waals surface area contributed by atoms with E-state index in [4.69, 9.17) is 0 Å². The number of rotatable bonds is 13. The quantitative estimate of drug-likeness (QED) is 0.114. The summed E-state index contributed by atoms with van der Waals surface area (Å²) in [5, 5.41) is 0. The van der Waals surface area contributed by atoms with E-state index in [2.05, 4.69) is 317 Å². The lowest BCUT2D eigenvalue weighted by Gasteiger charge is -2.33. The molecule has 0 heterocycles. The van der Waals surface area contributed by atoms with Gasteiger partial charge in [0.2, 0.25) is 0 Å². The molecule has 0 aromatic heterocycles. The van der Waals surface area contributed by atoms with Crippen LogP contribution in [-0.4, -0.2) is 0 Å². The average molecular weight is 968 g/mol. The molecule has 0 radical (unpaired) electrons. The first-order valence-electron chi connectivity index (χ1n) is 26.0. The molecule has 0 amide bonds. The standard InChI is InChI=1S/C72H61N3/c1-50-7-19-56(20-8-50)60-27-39-66(40-28-60)74(67-41-29-61(30-42-67)57-21-9-51(2)10-22-57)71-47-70(73(64-35-15-54(5)16-36-64)65-37-17-55(6)18-38-65)48-72(49-71)75(68-43-31-62(32-44-68)58-23-11-52(3)12-24-58)69-45-33-63(34-46-69)59-25-13-53(4)14-26-59/h7-49H,1-6H3. The van der Waals surface area contributed by atoms with E-state index in [1.165, 1.54) is 77.9 Å². The molecule has 11 aromatic rings. The molecule has 3 nitrogen and oxygen atoms in total. The molecule has 0 aliphatic carbocycles. The number of anilines is 9. The van der Waals surface area contributed by atoms with Gasteiger partial charge in [-0.15, -0.1) is 0 Å². The van der Waals surface area contributed by atoms with Gasteiger partial charge in [0.15, 0.2) is 0 Å². The minimum atomic E-state index is 1.01. The molecule has 0 spiro atoms. The highest BCUT2D eigenvalue weighted by atomic mass is 15.2. The Kier molecular flexibility index (Phi) is 13.5. The minimum absolute atomic E-state index is 1.01. The smallest absolute Gasteiger partial charge is 0.0503 e. The zero-order valence-corrected chi connectivity index (χ0v) is 43.7. The number of nitrogens with zero attached hydrogens (tertiary/aromatic N) is 3. The van der Waals surface area contributed by atoms with E-state index in [9.17, 15) is 0 Å². The lowest BCUT2D eigenvalue weighted by Crippen LogP contribution is -2.16. The predicted octanol–water partition coefficient (Wildman–Crippen LogP) is 20.6. The molecule has 3 heteroatoms. The Balaban J connectivity index is 1.15. The van der Waals surface area contributed by atoms with E-state index >= 15 is 0 Å². The summed E-state index contributed by atoms with van der Waals surface area (Å²) in [6.45, 7) is 12.8. The Morgan fingerprint density at radius 1 is 0.147 bits per heavy atom. The third-order valence-electron chi connectivity index (χ3n) is 14.3. The van der Waals surface area contributed by atoms with Crippen LogP contribution < -0.4 is 14.7 Å². The van der Waals surface area contributed by atoms with Gasteiger partial charge in [0.25, 0.3) is 0 Å². The van der Waals surface area contributed by atoms with Crippen molar-refractivity contribution in [3.8, 4) is 44.5 Å². The summed E-state index contributed by atoms with van der Waals surface area (Å²) >= 11 is 0. The van der Waals surface area contributed by atoms with E-state index in [1.54, 1.807) is 0 Å². The van der Waals surface area contributed by atoms with Gasteiger partial charge in [0.1, 0.15) is 0 Å². The van der Waals surface area contributed by atoms with Crippen LogP contribution >= 0.6 is 0 Å². The molecule has 364 valence electrons. The van der Waals surface area contributed by atoms with Crippen molar-refractivity contribution in [2.45, 2.75) is 41.5 Å². The van der Waals surface area contributed by atoms with Crippen molar-refractivity contribution in [3.05, 3.63) is 294 Å². The predicted molar refractivity (Wildman–Crippen MR) is 321 cm³/mol. The molecule has 0 N–H and O–H groups in total. The van der Waals surface area contributed by atoms with Crippen LogP contribution in [0.3, 0.4) is 0 Å². The fraction of sp³-hybridized carbons (Fsp3) is 0.0833. The summed E-state index contributed by atoms with van der Waals surface area (Å²) in [6, 6.07) is 96.1. The third kappa shape index (κ3) is 10.7. The highest BCUT2D eigenvalue weighted by Crippen LogP contribution is 2.47. The van der Waals surface area contributed by atoms with Gasteiger partial charge in [-0.3, -0.25) is 0 Å². The average Bonchev–Trinajstić information content (AvgIpc) is 3.44. The maximum Gasteiger partial charge on any atom is 0.0503 e. The second-order valence-corrected chi connectivity index (χ2v) is 20.0. The van der Waals surface area contributed by atoms with Crippen molar-refractivity contribution < 1.29 is 0 Å². The molecular formula is C72H61N3. The molecule has 0 bridgehead atoms. The molecule has 0 saturated carbocycles. The Labute approximate surface area is 443 Å². The van der Waals surface area contributed by atoms with Crippen molar-refractivity contribution >= 4 is 51.2 Å². The first-order chi connectivity index (χ1) is 36.6. The van der Waals surface area contributed by atoms with Crippen molar-refractivity contribution in [1.82, 2.24) is 0 Å². The van der Waals surface area contributed by atoms with Crippen LogP contribution in [0.2, 0.25) is 0 Å². The second-order valence-electron chi connectivity index (χ2n) is 20.0. The lowest BCUT2D eigenvalue weighted by molar-refractivity contribution is 1.22. The van der Waals surface area contributed by atoms with Crippen molar-refractivity contribution in [2.24, 2.45) is 0 Å². The van der Waals surface area contributed by atoms with Gasteiger partial charge in [-0.1, -0.05) is 203 Å². The fourth-order valence-corrected chi connectivity index (χ4v) is 9.89. The Morgan fingerprint density at radius 3 is 0.427 bits per heavy atom. The minimum Gasteiger partial charge on any atom is -0.310 e. The van der Waals surface area contributed by atoms with E-state index in [0.29, 0.717) is 0 Å². The SMILES string of the molecule is Cc1ccc(-c2ccc(N(c3ccc(-c4ccc(C)cc4)cc3)c3cc(N(c4ccc(C)cc4)c4ccc(C)cc4)cc(N(c4ccc(-c5ccc(C)cc5)cc4)c4ccc(-c5ccc(C)cc5)cc4)c3)cc2)cc1. The normalized spacial score (nSPS) is 11.1. The Hall–Kier alpha value is -9.18. The van der Waals surface area contributed by atoms with Gasteiger partial charge in [-0.25, -0.2) is 0 Å². The molecule has 0 aliphatic heterocycles. The zero-order valence-electron chi connectivity index (χ0n) is 43.7. The number of aryl methyl sites for hydroxylation is 6. The number of hydrogen-bond donors (Lipinski definition) is 0. The summed E-state index contributed by atoms with van der Waals surface area (Å²) in [7, 11) is 0. The largest absolute Gasteiger partial charge is 0.310 e. The van der Waals surface area contributed by atoms with Crippen LogP contribution in [-0.2, 0) is 0 Å². The van der Waals surface area contributed by atoms with Crippen molar-refractivity contribution in [1.29, 1.82) is 0 Å². The topological polar surface area (TPSA) is 9.72 Å². The molecule has 11 rings (SSSR count). The molecule has 0 aliphatic rings. The first kappa shape index (κ1) is 48.1. The van der Waals surface area contributed by atoms with Crippen LogP contribution in [0.15, 0.2) is 261 Å². The van der Waals surface area contributed by atoms with Crippen LogP contribution in [0.1, 0.15) is 33.4 Å². The van der Waals surface area contributed by atoms with Crippen LogP contribution in [0.4, 0.5) is 51.2 Å². The van der Waals surface area contributed by atoms with Crippen LogP contribution in [0.25, 0.3) is 44.5 Å². The number of benzene rings is 11. The van der Waals surface area contributed by atoms with Crippen LogP contribution in [0, 0.1) is 41.5 Å². The van der Waals surface area contributed by atoms with Gasteiger partial charge < -0.3 is 14.7 Å². The molecule has 0 saturated heterocycles. The van der Waals surface area contributed by atoms with Crippen LogP contribution in [0.5, 0.6) is 0 Å². The second kappa shape index (κ2) is 21.1.